The van der Waals surface area contributed by atoms with Crippen molar-refractivity contribution in [1.82, 2.24) is 0 Å². The fourth-order valence-corrected chi connectivity index (χ4v) is 4.09. The summed E-state index contributed by atoms with van der Waals surface area (Å²) >= 11 is 1.37. The van der Waals surface area contributed by atoms with E-state index in [4.69, 9.17) is 4.74 Å². The fraction of sp³-hybridized carbons (Fsp3) is 0.478. The molecule has 2 rings (SSSR count). The molecule has 0 aliphatic carbocycles. The maximum atomic E-state index is 12.5. The summed E-state index contributed by atoms with van der Waals surface area (Å²) in [4.78, 5) is 24.9. The minimum absolute atomic E-state index is 0.0411. The van der Waals surface area contributed by atoms with Gasteiger partial charge in [-0.25, -0.2) is 4.79 Å². The second kappa shape index (κ2) is 12.3. The number of nitrogens with one attached hydrogen (secondary N) is 1. The van der Waals surface area contributed by atoms with Gasteiger partial charge in [0.05, 0.1) is 6.61 Å². The van der Waals surface area contributed by atoms with E-state index in [1.807, 2.05) is 35.7 Å². The maximum Gasteiger partial charge on any atom is 0.341 e. The molecule has 0 atom stereocenters. The number of ether oxygens (including phenoxy) is 1. The third kappa shape index (κ3) is 6.79. The topological polar surface area (TPSA) is 55.4 Å². The number of anilines is 1. The van der Waals surface area contributed by atoms with Crippen molar-refractivity contribution in [1.29, 1.82) is 0 Å². The Morgan fingerprint density at radius 3 is 2.32 bits per heavy atom. The molecule has 2 aromatic rings. The average molecular weight is 402 g/mol. The number of rotatable bonds is 12. The summed E-state index contributed by atoms with van der Waals surface area (Å²) in [6.07, 6.45) is 8.67. The highest BCUT2D eigenvalue weighted by Crippen LogP contribution is 2.36. The molecule has 1 heterocycles. The van der Waals surface area contributed by atoms with Crippen LogP contribution in [0.25, 0.3) is 11.1 Å². The van der Waals surface area contributed by atoms with Gasteiger partial charge in [-0.1, -0.05) is 75.8 Å². The van der Waals surface area contributed by atoms with Crippen molar-refractivity contribution in [3.8, 4) is 11.1 Å². The van der Waals surface area contributed by atoms with Crippen molar-refractivity contribution < 1.29 is 14.3 Å². The number of amides is 1. The number of benzene rings is 1. The van der Waals surface area contributed by atoms with Gasteiger partial charge in [0.25, 0.3) is 0 Å². The van der Waals surface area contributed by atoms with Crippen molar-refractivity contribution in [2.24, 2.45) is 0 Å². The van der Waals surface area contributed by atoms with E-state index in [1.54, 1.807) is 6.92 Å². The quantitative estimate of drug-likeness (QED) is 0.319. The van der Waals surface area contributed by atoms with Crippen LogP contribution in [0.5, 0.6) is 0 Å². The summed E-state index contributed by atoms with van der Waals surface area (Å²) in [6, 6.07) is 9.70. The number of esters is 1. The van der Waals surface area contributed by atoms with Crippen LogP contribution in [0, 0.1) is 0 Å². The molecule has 0 aliphatic heterocycles. The molecule has 1 N–H and O–H groups in total. The molecule has 28 heavy (non-hydrogen) atoms. The highest BCUT2D eigenvalue weighted by Gasteiger charge is 2.22. The first-order valence-corrected chi connectivity index (χ1v) is 11.2. The summed E-state index contributed by atoms with van der Waals surface area (Å²) < 4.78 is 5.23. The lowest BCUT2D eigenvalue weighted by Crippen LogP contribution is -2.14. The molecule has 0 saturated carbocycles. The van der Waals surface area contributed by atoms with Gasteiger partial charge in [-0.15, -0.1) is 11.3 Å². The van der Waals surface area contributed by atoms with E-state index in [0.717, 1.165) is 24.0 Å². The lowest BCUT2D eigenvalue weighted by atomic mass is 10.0. The minimum Gasteiger partial charge on any atom is -0.462 e. The van der Waals surface area contributed by atoms with Crippen LogP contribution >= 0.6 is 11.3 Å². The van der Waals surface area contributed by atoms with Gasteiger partial charge in [0.15, 0.2) is 0 Å². The van der Waals surface area contributed by atoms with E-state index in [1.165, 1.54) is 43.4 Å². The molecule has 5 heteroatoms. The van der Waals surface area contributed by atoms with Gasteiger partial charge in [0.2, 0.25) is 5.91 Å². The molecule has 1 aromatic heterocycles. The molecular formula is C23H31NO3S. The van der Waals surface area contributed by atoms with Gasteiger partial charge >= 0.3 is 5.97 Å². The first kappa shape index (κ1) is 22.2. The van der Waals surface area contributed by atoms with Gasteiger partial charge in [-0.2, -0.15) is 0 Å². The second-order valence-corrected chi connectivity index (χ2v) is 7.74. The number of hydrogen-bond donors (Lipinski definition) is 1. The summed E-state index contributed by atoms with van der Waals surface area (Å²) in [6.45, 7) is 4.29. The van der Waals surface area contributed by atoms with Crippen LogP contribution in [0.2, 0.25) is 0 Å². The van der Waals surface area contributed by atoms with Crippen molar-refractivity contribution >= 4 is 28.2 Å². The molecule has 0 bridgehead atoms. The molecule has 152 valence electrons. The predicted molar refractivity (Wildman–Crippen MR) is 117 cm³/mol. The number of carbonyl (C=O) groups is 2. The Kier molecular flexibility index (Phi) is 9.77. The van der Waals surface area contributed by atoms with Crippen LogP contribution in [-0.2, 0) is 9.53 Å². The van der Waals surface area contributed by atoms with E-state index < -0.39 is 5.97 Å². The van der Waals surface area contributed by atoms with Crippen LogP contribution in [-0.4, -0.2) is 18.5 Å². The Bertz CT molecular complexity index is 740. The second-order valence-electron chi connectivity index (χ2n) is 6.86. The normalized spacial score (nSPS) is 10.6. The SMILES string of the molecule is CCCCCCCCCC(=O)Nc1scc(-c2ccccc2)c1C(=O)OCC. The van der Waals surface area contributed by atoms with Crippen molar-refractivity contribution in [3.05, 3.63) is 41.3 Å². The van der Waals surface area contributed by atoms with E-state index in [9.17, 15) is 9.59 Å². The lowest BCUT2D eigenvalue weighted by molar-refractivity contribution is -0.116. The third-order valence-corrected chi connectivity index (χ3v) is 5.51. The smallest absolute Gasteiger partial charge is 0.341 e. The van der Waals surface area contributed by atoms with Crippen LogP contribution in [0.4, 0.5) is 5.00 Å². The standard InChI is InChI=1S/C23H31NO3S/c1-3-5-6-7-8-9-13-16-20(25)24-22-21(23(26)27-4-2)19(17-28-22)18-14-11-10-12-15-18/h10-12,14-15,17H,3-9,13,16H2,1-2H3,(H,24,25). The fourth-order valence-electron chi connectivity index (χ4n) is 3.12. The first-order chi connectivity index (χ1) is 13.7. The molecule has 0 fully saturated rings. The number of thiophene rings is 1. The van der Waals surface area contributed by atoms with Gasteiger partial charge in [0, 0.05) is 17.4 Å². The van der Waals surface area contributed by atoms with Crippen LogP contribution < -0.4 is 5.32 Å². The summed E-state index contributed by atoms with van der Waals surface area (Å²) in [5, 5.41) is 5.41. The van der Waals surface area contributed by atoms with E-state index in [0.29, 0.717) is 23.6 Å². The zero-order valence-corrected chi connectivity index (χ0v) is 17.8. The summed E-state index contributed by atoms with van der Waals surface area (Å²) in [5.74, 6) is -0.436. The van der Waals surface area contributed by atoms with Crippen molar-refractivity contribution in [3.63, 3.8) is 0 Å². The Labute approximate surface area is 172 Å². The van der Waals surface area contributed by atoms with Gasteiger partial charge in [0.1, 0.15) is 10.6 Å². The Balaban J connectivity index is 1.98. The van der Waals surface area contributed by atoms with Gasteiger partial charge < -0.3 is 10.1 Å². The van der Waals surface area contributed by atoms with E-state index in [2.05, 4.69) is 12.2 Å². The van der Waals surface area contributed by atoms with Gasteiger partial charge in [-0.05, 0) is 18.9 Å². The van der Waals surface area contributed by atoms with Crippen LogP contribution in [0.3, 0.4) is 0 Å². The van der Waals surface area contributed by atoms with Crippen LogP contribution in [0.1, 0.15) is 75.6 Å². The highest BCUT2D eigenvalue weighted by molar-refractivity contribution is 7.15. The van der Waals surface area contributed by atoms with Crippen molar-refractivity contribution in [2.75, 3.05) is 11.9 Å². The van der Waals surface area contributed by atoms with Gasteiger partial charge in [-0.3, -0.25) is 4.79 Å². The zero-order chi connectivity index (χ0) is 20.2. The molecule has 0 spiro atoms. The first-order valence-electron chi connectivity index (χ1n) is 10.3. The third-order valence-electron chi connectivity index (χ3n) is 4.62. The molecule has 4 nitrogen and oxygen atoms in total. The molecule has 0 unspecified atom stereocenters. The largest absolute Gasteiger partial charge is 0.462 e. The highest BCUT2D eigenvalue weighted by atomic mass is 32.1. The molecule has 0 radical (unpaired) electrons. The molecule has 1 aromatic carbocycles. The minimum atomic E-state index is -0.395. The number of hydrogen-bond acceptors (Lipinski definition) is 4. The number of carbonyl (C=O) groups excluding carboxylic acids is 2. The number of unbranched alkanes of at least 4 members (excludes halogenated alkanes) is 6. The Morgan fingerprint density at radius 1 is 0.964 bits per heavy atom. The van der Waals surface area contributed by atoms with E-state index >= 15 is 0 Å². The lowest BCUT2D eigenvalue weighted by Gasteiger charge is -2.09. The maximum absolute atomic E-state index is 12.5. The molecule has 1 amide bonds. The summed E-state index contributed by atoms with van der Waals surface area (Å²) in [5.41, 5.74) is 2.19. The van der Waals surface area contributed by atoms with Crippen LogP contribution in [0.15, 0.2) is 35.7 Å². The molecular weight excluding hydrogens is 370 g/mol. The van der Waals surface area contributed by atoms with E-state index in [-0.39, 0.29) is 5.91 Å². The zero-order valence-electron chi connectivity index (χ0n) is 17.0. The summed E-state index contributed by atoms with van der Waals surface area (Å²) in [7, 11) is 0. The predicted octanol–water partition coefficient (Wildman–Crippen LogP) is 6.67. The Morgan fingerprint density at radius 2 is 1.64 bits per heavy atom. The van der Waals surface area contributed by atoms with Crippen molar-refractivity contribution in [2.45, 2.75) is 65.2 Å². The molecule has 0 aliphatic rings. The Hall–Kier alpha value is -2.14. The average Bonchev–Trinajstić information content (AvgIpc) is 3.11. The monoisotopic (exact) mass is 401 g/mol. The molecule has 0 saturated heterocycles.